The Morgan fingerprint density at radius 1 is 0.211 bits per heavy atom. The van der Waals surface area contributed by atoms with Crippen LogP contribution in [0.5, 0.6) is 0 Å². The normalized spacial score (nSPS) is 12.4. The van der Waals surface area contributed by atoms with Crippen molar-refractivity contribution in [2.75, 3.05) is 9.80 Å². The van der Waals surface area contributed by atoms with E-state index in [1.807, 2.05) is 11.3 Å². The van der Waals surface area contributed by atoms with Crippen LogP contribution in [0.4, 0.5) is 34.1 Å². The molecule has 0 saturated carbocycles. The molecule has 20 aromatic carbocycles. The third kappa shape index (κ3) is 14.4. The molecule has 3 nitrogen and oxygen atoms in total. The zero-order valence-corrected chi connectivity index (χ0v) is 75.9. The van der Waals surface area contributed by atoms with Gasteiger partial charge in [-0.3, -0.25) is 0 Å². The van der Waals surface area contributed by atoms with Crippen molar-refractivity contribution in [2.24, 2.45) is 0 Å². The summed E-state index contributed by atoms with van der Waals surface area (Å²) in [6, 6.07) is 172. The average Bonchev–Trinajstić information content (AvgIpc) is 1.26. The topological polar surface area (TPSA) is 19.6 Å². The number of nitrogens with zero attached hydrogens (tertiary/aromatic N) is 2. The fourth-order valence-electron chi connectivity index (χ4n) is 20.9. The fraction of sp³-hybridized carbons (Fsp3) is 0.0625. The molecule has 4 heterocycles. The molecule has 0 atom stereocenters. The SMILES string of the molecule is CC(C)(C)c1cc(-c2ccccc2)c(N2c3cc(-c4cc(-c5ccccc5)cc(-c5ccccc5)c4)ccc3B3c4cc(-c5cc(-c6ccccc6)cc(-c6ccccc6)c5)ccc4N(c4c(-c5cccc6oc7ccccc7c56)cc(C(C)(C)C)cc4-c4cccc5sc6ccccc6c45)c4cc(-c5cc(-c6ccccc6)cc(-c6ccccc6)c5)cc2c43)c(-c2ccccc2)c1. The number of para-hydroxylation sites is 1. The van der Waals surface area contributed by atoms with Crippen LogP contribution in [-0.4, -0.2) is 6.71 Å². The van der Waals surface area contributed by atoms with Gasteiger partial charge in [-0.2, -0.15) is 0 Å². The summed E-state index contributed by atoms with van der Waals surface area (Å²) in [4.78, 5) is 5.53. The lowest BCUT2D eigenvalue weighted by atomic mass is 9.33. The van der Waals surface area contributed by atoms with Gasteiger partial charge in [0.2, 0.25) is 0 Å². The third-order valence-corrected chi connectivity index (χ3v) is 28.6. The van der Waals surface area contributed by atoms with Gasteiger partial charge in [0.25, 0.3) is 6.71 Å². The van der Waals surface area contributed by atoms with E-state index in [9.17, 15) is 0 Å². The number of furan rings is 1. The molecule has 22 aromatic rings. The van der Waals surface area contributed by atoms with Crippen LogP contribution in [0.25, 0.3) is 187 Å². The van der Waals surface area contributed by atoms with E-state index in [4.69, 9.17) is 4.42 Å². The zero-order valence-electron chi connectivity index (χ0n) is 75.1. The number of hydrogen-bond acceptors (Lipinski definition) is 4. The van der Waals surface area contributed by atoms with Gasteiger partial charge >= 0.3 is 0 Å². The monoisotopic (exact) mass is 1720 g/mol. The van der Waals surface area contributed by atoms with Crippen molar-refractivity contribution in [3.05, 3.63) is 466 Å². The van der Waals surface area contributed by atoms with E-state index in [-0.39, 0.29) is 10.8 Å². The first-order chi connectivity index (χ1) is 65.2. The molecule has 0 N–H and O–H groups in total. The summed E-state index contributed by atoms with van der Waals surface area (Å²) in [5, 5.41) is 4.59. The Kier molecular flexibility index (Phi) is 19.7. The first-order valence-corrected chi connectivity index (χ1v) is 47.2. The molecule has 2 aromatic heterocycles. The zero-order chi connectivity index (χ0) is 89.2. The molecule has 0 amide bonds. The number of rotatable bonds is 15. The fourth-order valence-corrected chi connectivity index (χ4v) is 22.0. The highest BCUT2D eigenvalue weighted by Crippen LogP contribution is 2.58. The van der Waals surface area contributed by atoms with Crippen LogP contribution in [0.3, 0.4) is 0 Å². The van der Waals surface area contributed by atoms with Crippen LogP contribution in [-0.2, 0) is 10.8 Å². The minimum absolute atomic E-state index is 0.280. The Morgan fingerprint density at radius 3 is 0.985 bits per heavy atom. The van der Waals surface area contributed by atoms with Crippen LogP contribution in [0.1, 0.15) is 52.7 Å². The number of fused-ring (bicyclic) bond motifs is 10. The van der Waals surface area contributed by atoms with Gasteiger partial charge in [0, 0.05) is 75.9 Å². The van der Waals surface area contributed by atoms with E-state index in [0.717, 1.165) is 201 Å². The van der Waals surface area contributed by atoms with E-state index in [0.29, 0.717) is 0 Å². The number of thiophene rings is 1. The predicted molar refractivity (Wildman–Crippen MR) is 569 cm³/mol. The van der Waals surface area contributed by atoms with Crippen molar-refractivity contribution < 1.29 is 4.42 Å². The van der Waals surface area contributed by atoms with Crippen LogP contribution in [0.2, 0.25) is 0 Å². The molecular formula is C128H93BN2OS. The highest BCUT2D eigenvalue weighted by atomic mass is 32.1. The second-order valence-corrected chi connectivity index (χ2v) is 38.9. The smallest absolute Gasteiger partial charge is 0.252 e. The molecule has 0 radical (unpaired) electrons. The van der Waals surface area contributed by atoms with E-state index in [1.165, 1.54) is 47.7 Å². The quantitative estimate of drug-likeness (QED) is 0.0954. The number of anilines is 6. The lowest BCUT2D eigenvalue weighted by Crippen LogP contribution is -2.61. The molecule has 630 valence electrons. The van der Waals surface area contributed by atoms with Crippen molar-refractivity contribution in [3.63, 3.8) is 0 Å². The Morgan fingerprint density at radius 2 is 0.534 bits per heavy atom. The molecule has 0 unspecified atom stereocenters. The first-order valence-electron chi connectivity index (χ1n) is 46.3. The van der Waals surface area contributed by atoms with Crippen molar-refractivity contribution >= 4 is 111 Å². The standard InChI is InChI=1S/C128H93BN2OS/c1-127(2,3)102-78-108(88-49-27-13-28-50-88)125(109(79-102)89-51-29-14-30-52-89)131-115-75-91(99-70-94(84-41-19-9-20-42-84)66-95(71-99)85-43-21-10-22-44-85)61-63-112(115)129-113-74-90(98-68-92(82-37-15-7-16-38-82)65-93(69-98)83-39-17-8-18-40-83)62-64-114(113)130(116-76-101(77-117(131)124(116)129)100-72-96(86-45-23-11-24-46-86)67-97(73-100)87-47-25-12-26-48-87)126-110(104-55-35-58-119-122(104)106-53-31-33-57-118(106)132-119)80-103(128(4,5)6)81-111(126)105-56-36-60-121-123(105)107-54-32-34-59-120(107)133-121/h7-81H,1-6H3. The van der Waals surface area contributed by atoms with Gasteiger partial charge in [-0.25, -0.2) is 0 Å². The largest absolute Gasteiger partial charge is 0.456 e. The Labute approximate surface area is 782 Å². The highest BCUT2D eigenvalue weighted by molar-refractivity contribution is 7.26. The highest BCUT2D eigenvalue weighted by Gasteiger charge is 2.47. The molecule has 5 heteroatoms. The molecule has 2 aliphatic heterocycles. The molecule has 2 aliphatic rings. The van der Waals surface area contributed by atoms with Crippen molar-refractivity contribution in [1.29, 1.82) is 0 Å². The van der Waals surface area contributed by atoms with Gasteiger partial charge < -0.3 is 14.2 Å². The van der Waals surface area contributed by atoms with E-state index in [2.05, 4.69) is 506 Å². The molecular weight excluding hydrogens is 1620 g/mol. The van der Waals surface area contributed by atoms with E-state index >= 15 is 0 Å². The van der Waals surface area contributed by atoms with Crippen LogP contribution >= 0.6 is 11.3 Å². The maximum absolute atomic E-state index is 7.12. The Bertz CT molecular complexity index is 7930. The molecule has 0 aliphatic carbocycles. The molecule has 0 bridgehead atoms. The maximum atomic E-state index is 7.12. The lowest BCUT2D eigenvalue weighted by molar-refractivity contribution is 0.590. The Balaban J connectivity index is 0.911. The third-order valence-electron chi connectivity index (χ3n) is 27.5. The predicted octanol–water partition coefficient (Wildman–Crippen LogP) is 34.3. The van der Waals surface area contributed by atoms with Crippen LogP contribution < -0.4 is 26.2 Å². The van der Waals surface area contributed by atoms with Gasteiger partial charge in [0.05, 0.1) is 11.4 Å². The van der Waals surface area contributed by atoms with Crippen molar-refractivity contribution in [3.8, 4) is 145 Å². The summed E-state index contributed by atoms with van der Waals surface area (Å²) in [7, 11) is 0. The second kappa shape index (κ2) is 32.6. The van der Waals surface area contributed by atoms with Crippen molar-refractivity contribution in [2.45, 2.75) is 52.4 Å². The summed E-state index contributed by atoms with van der Waals surface area (Å²) in [5.41, 5.74) is 42.6. The molecule has 0 fully saturated rings. The van der Waals surface area contributed by atoms with Gasteiger partial charge in [-0.1, -0.05) is 369 Å². The summed E-state index contributed by atoms with van der Waals surface area (Å²) in [6.45, 7) is 13.8. The second-order valence-electron chi connectivity index (χ2n) is 37.8. The van der Waals surface area contributed by atoms with Gasteiger partial charge in [-0.05, 0) is 288 Å². The van der Waals surface area contributed by atoms with Gasteiger partial charge in [0.1, 0.15) is 11.2 Å². The minimum atomic E-state index is -0.414. The van der Waals surface area contributed by atoms with E-state index in [1.54, 1.807) is 0 Å². The number of hydrogen-bond donors (Lipinski definition) is 0. The van der Waals surface area contributed by atoms with Crippen molar-refractivity contribution in [1.82, 2.24) is 0 Å². The van der Waals surface area contributed by atoms with Crippen LogP contribution in [0, 0.1) is 0 Å². The molecule has 0 saturated heterocycles. The minimum Gasteiger partial charge on any atom is -0.456 e. The summed E-state index contributed by atoms with van der Waals surface area (Å²) >= 11 is 1.87. The first kappa shape index (κ1) is 80.4. The van der Waals surface area contributed by atoms with Crippen LogP contribution in [0.15, 0.2) is 459 Å². The molecule has 133 heavy (non-hydrogen) atoms. The summed E-state index contributed by atoms with van der Waals surface area (Å²) in [5.74, 6) is 0. The summed E-state index contributed by atoms with van der Waals surface area (Å²) < 4.78 is 9.59. The lowest BCUT2D eigenvalue weighted by Gasteiger charge is -2.46. The van der Waals surface area contributed by atoms with Gasteiger partial charge in [-0.15, -0.1) is 11.3 Å². The maximum Gasteiger partial charge on any atom is 0.252 e. The van der Waals surface area contributed by atoms with Gasteiger partial charge in [0.15, 0.2) is 0 Å². The van der Waals surface area contributed by atoms with E-state index < -0.39 is 6.71 Å². The summed E-state index contributed by atoms with van der Waals surface area (Å²) in [6.07, 6.45) is 0. The Hall–Kier alpha value is -15.9. The molecule has 0 spiro atoms. The molecule has 24 rings (SSSR count). The number of benzene rings is 20. The average molecular weight is 1720 g/mol.